The molecule has 2 aromatic carbocycles. The van der Waals surface area contributed by atoms with Gasteiger partial charge in [0.2, 0.25) is 10.0 Å². The van der Waals surface area contributed by atoms with Crippen LogP contribution in [0.4, 0.5) is 0 Å². The van der Waals surface area contributed by atoms with Crippen LogP contribution in [0.1, 0.15) is 0 Å². The Labute approximate surface area is 123 Å². The van der Waals surface area contributed by atoms with Crippen molar-refractivity contribution in [2.24, 2.45) is 5.14 Å². The van der Waals surface area contributed by atoms with Crippen LogP contribution in [0.25, 0.3) is 16.9 Å². The lowest BCUT2D eigenvalue weighted by atomic mass is 10.1. The summed E-state index contributed by atoms with van der Waals surface area (Å²) >= 11 is 0. The van der Waals surface area contributed by atoms with E-state index >= 15 is 0 Å². The van der Waals surface area contributed by atoms with E-state index in [-0.39, 0.29) is 4.90 Å². The first kappa shape index (κ1) is 13.6. The molecule has 0 amide bonds. The number of rotatable bonds is 3. The predicted molar refractivity (Wildman–Crippen MR) is 82.6 cm³/mol. The summed E-state index contributed by atoms with van der Waals surface area (Å²) in [5.74, 6) is 0. The molecule has 4 nitrogen and oxygen atoms in total. The Bertz CT molecular complexity index is 868. The van der Waals surface area contributed by atoms with Crippen LogP contribution in [-0.4, -0.2) is 13.0 Å². The van der Waals surface area contributed by atoms with Gasteiger partial charge in [-0.2, -0.15) is 0 Å². The summed E-state index contributed by atoms with van der Waals surface area (Å²) < 4.78 is 25.4. The topological polar surface area (TPSA) is 65.1 Å². The maximum atomic E-state index is 11.8. The van der Waals surface area contributed by atoms with Crippen molar-refractivity contribution in [1.29, 1.82) is 0 Å². The SMILES string of the molecule is NS(=O)(=O)c1ccccc1-n1cccc1-c1ccccc1. The Morgan fingerprint density at radius 3 is 2.19 bits per heavy atom. The highest BCUT2D eigenvalue weighted by molar-refractivity contribution is 7.89. The van der Waals surface area contributed by atoms with Gasteiger partial charge in [0.1, 0.15) is 4.90 Å². The molecule has 3 aromatic rings. The summed E-state index contributed by atoms with van der Waals surface area (Å²) in [5.41, 5.74) is 2.46. The average Bonchev–Trinajstić information content (AvgIpc) is 2.96. The lowest BCUT2D eigenvalue weighted by Gasteiger charge is -2.13. The molecule has 1 aromatic heterocycles. The van der Waals surface area contributed by atoms with E-state index in [1.807, 2.05) is 53.2 Å². The van der Waals surface area contributed by atoms with Gasteiger partial charge in [-0.1, -0.05) is 42.5 Å². The van der Waals surface area contributed by atoms with Gasteiger partial charge in [0, 0.05) is 6.20 Å². The standard InChI is InChI=1S/C16H14N2O2S/c17-21(19,20)16-11-5-4-9-15(16)18-12-6-10-14(18)13-7-2-1-3-8-13/h1-12H,(H2,17,19,20). The quantitative estimate of drug-likeness (QED) is 0.808. The van der Waals surface area contributed by atoms with Gasteiger partial charge in [0.15, 0.2) is 0 Å². The van der Waals surface area contributed by atoms with Gasteiger partial charge in [-0.3, -0.25) is 0 Å². The van der Waals surface area contributed by atoms with E-state index in [2.05, 4.69) is 0 Å². The normalized spacial score (nSPS) is 11.5. The second-order valence-corrected chi connectivity index (χ2v) is 6.17. The number of hydrogen-bond donors (Lipinski definition) is 1. The molecule has 0 spiro atoms. The van der Waals surface area contributed by atoms with Crippen LogP contribution < -0.4 is 5.14 Å². The monoisotopic (exact) mass is 298 g/mol. The lowest BCUT2D eigenvalue weighted by Crippen LogP contribution is -2.15. The average molecular weight is 298 g/mol. The van der Waals surface area contributed by atoms with Gasteiger partial charge < -0.3 is 4.57 Å². The van der Waals surface area contributed by atoms with Gasteiger partial charge in [0.25, 0.3) is 0 Å². The molecular weight excluding hydrogens is 284 g/mol. The molecule has 0 radical (unpaired) electrons. The lowest BCUT2D eigenvalue weighted by molar-refractivity contribution is 0.597. The van der Waals surface area contributed by atoms with Crippen molar-refractivity contribution in [3.63, 3.8) is 0 Å². The molecule has 0 fully saturated rings. The van der Waals surface area contributed by atoms with E-state index in [0.717, 1.165) is 11.3 Å². The Morgan fingerprint density at radius 1 is 0.810 bits per heavy atom. The van der Waals surface area contributed by atoms with Crippen LogP contribution in [0.2, 0.25) is 0 Å². The third-order valence-electron chi connectivity index (χ3n) is 3.25. The van der Waals surface area contributed by atoms with Crippen molar-refractivity contribution >= 4 is 10.0 Å². The van der Waals surface area contributed by atoms with Crippen molar-refractivity contribution in [1.82, 2.24) is 4.57 Å². The molecule has 1 heterocycles. The number of primary sulfonamides is 1. The highest BCUT2D eigenvalue weighted by atomic mass is 32.2. The summed E-state index contributed by atoms with van der Waals surface area (Å²) in [4.78, 5) is 0.110. The third kappa shape index (κ3) is 2.61. The molecule has 0 atom stereocenters. The fourth-order valence-electron chi connectivity index (χ4n) is 2.33. The van der Waals surface area contributed by atoms with Crippen LogP contribution in [0.3, 0.4) is 0 Å². The predicted octanol–water partition coefficient (Wildman–Crippen LogP) is 2.79. The van der Waals surface area contributed by atoms with Crippen molar-refractivity contribution in [3.8, 4) is 16.9 Å². The number of nitrogens with zero attached hydrogens (tertiary/aromatic N) is 1. The van der Waals surface area contributed by atoms with Gasteiger partial charge in [-0.25, -0.2) is 13.6 Å². The molecule has 2 N–H and O–H groups in total. The largest absolute Gasteiger partial charge is 0.315 e. The van der Waals surface area contributed by atoms with Crippen LogP contribution in [0, 0.1) is 0 Å². The minimum atomic E-state index is -3.78. The Hall–Kier alpha value is -2.37. The van der Waals surface area contributed by atoms with Crippen molar-refractivity contribution < 1.29 is 8.42 Å². The van der Waals surface area contributed by atoms with E-state index in [1.165, 1.54) is 6.07 Å². The molecule has 0 aliphatic carbocycles. The third-order valence-corrected chi connectivity index (χ3v) is 4.21. The zero-order chi connectivity index (χ0) is 14.9. The Kier molecular flexibility index (Phi) is 3.37. The molecule has 5 heteroatoms. The molecule has 0 saturated heterocycles. The van der Waals surface area contributed by atoms with Gasteiger partial charge in [0.05, 0.1) is 11.4 Å². The first-order valence-electron chi connectivity index (χ1n) is 6.42. The Morgan fingerprint density at radius 2 is 1.48 bits per heavy atom. The summed E-state index contributed by atoms with van der Waals surface area (Å²) in [5, 5.41) is 5.31. The van der Waals surface area contributed by atoms with E-state index < -0.39 is 10.0 Å². The first-order chi connectivity index (χ1) is 10.1. The summed E-state index contributed by atoms with van der Waals surface area (Å²) in [7, 11) is -3.78. The summed E-state index contributed by atoms with van der Waals surface area (Å²) in [6.45, 7) is 0. The molecule has 0 aliphatic heterocycles. The minimum absolute atomic E-state index is 0.110. The van der Waals surface area contributed by atoms with Crippen molar-refractivity contribution in [3.05, 3.63) is 72.9 Å². The Balaban J connectivity index is 2.23. The van der Waals surface area contributed by atoms with Gasteiger partial charge in [-0.05, 0) is 29.8 Å². The first-order valence-corrected chi connectivity index (χ1v) is 7.97. The fourth-order valence-corrected chi connectivity index (χ4v) is 3.06. The summed E-state index contributed by atoms with van der Waals surface area (Å²) in [6, 6.07) is 20.3. The second kappa shape index (κ2) is 5.20. The zero-order valence-electron chi connectivity index (χ0n) is 11.2. The van der Waals surface area contributed by atoms with E-state index in [4.69, 9.17) is 5.14 Å². The maximum Gasteiger partial charge on any atom is 0.240 e. The van der Waals surface area contributed by atoms with Gasteiger partial charge >= 0.3 is 0 Å². The molecule has 0 aliphatic rings. The van der Waals surface area contributed by atoms with Crippen molar-refractivity contribution in [2.45, 2.75) is 4.90 Å². The molecule has 21 heavy (non-hydrogen) atoms. The van der Waals surface area contributed by atoms with Crippen LogP contribution >= 0.6 is 0 Å². The number of nitrogens with two attached hydrogens (primary N) is 1. The fraction of sp³-hybridized carbons (Fsp3) is 0. The number of aromatic nitrogens is 1. The number of para-hydroxylation sites is 1. The minimum Gasteiger partial charge on any atom is -0.315 e. The zero-order valence-corrected chi connectivity index (χ0v) is 12.0. The van der Waals surface area contributed by atoms with Crippen LogP contribution in [-0.2, 0) is 10.0 Å². The number of hydrogen-bond acceptors (Lipinski definition) is 2. The maximum absolute atomic E-state index is 11.8. The number of benzene rings is 2. The van der Waals surface area contributed by atoms with E-state index in [9.17, 15) is 8.42 Å². The highest BCUT2D eigenvalue weighted by Crippen LogP contribution is 2.26. The molecule has 0 bridgehead atoms. The van der Waals surface area contributed by atoms with Gasteiger partial charge in [-0.15, -0.1) is 0 Å². The second-order valence-electron chi connectivity index (χ2n) is 4.64. The molecule has 3 rings (SSSR count). The summed E-state index contributed by atoms with van der Waals surface area (Å²) in [6.07, 6.45) is 1.83. The molecule has 0 unspecified atom stereocenters. The smallest absolute Gasteiger partial charge is 0.240 e. The van der Waals surface area contributed by atoms with Crippen LogP contribution in [0.5, 0.6) is 0 Å². The molecule has 106 valence electrons. The molecular formula is C16H14N2O2S. The molecule has 0 saturated carbocycles. The van der Waals surface area contributed by atoms with Crippen molar-refractivity contribution in [2.75, 3.05) is 0 Å². The number of sulfonamides is 1. The van der Waals surface area contributed by atoms with Crippen LogP contribution in [0.15, 0.2) is 77.8 Å². The van der Waals surface area contributed by atoms with E-state index in [0.29, 0.717) is 5.69 Å². The van der Waals surface area contributed by atoms with E-state index in [1.54, 1.807) is 18.2 Å². The highest BCUT2D eigenvalue weighted by Gasteiger charge is 2.16.